The van der Waals surface area contributed by atoms with Crippen LogP contribution in [-0.2, 0) is 14.3 Å². The van der Waals surface area contributed by atoms with E-state index in [2.05, 4.69) is 0 Å². The second-order valence-corrected chi connectivity index (χ2v) is 6.35. The van der Waals surface area contributed by atoms with Crippen LogP contribution in [0.15, 0.2) is 48.5 Å². The van der Waals surface area contributed by atoms with Gasteiger partial charge in [-0.25, -0.2) is 4.79 Å². The minimum Gasteiger partial charge on any atom is -0.480 e. The molecule has 2 aromatic rings. The van der Waals surface area contributed by atoms with E-state index < -0.39 is 23.6 Å². The van der Waals surface area contributed by atoms with Gasteiger partial charge in [-0.3, -0.25) is 4.79 Å². The summed E-state index contributed by atoms with van der Waals surface area (Å²) in [5.74, 6) is -2.69. The standard InChI is InChI=1S/C19H19NO5/c1-19(20,18(23)24)16(21)17(22)25-10-15-13-8-4-2-6-11(13)12-7-3-5-9-14(12)15/h2-9,15-16,21H,10,20H2,1H3,(H,23,24)/t16?,19-/m0/s1. The maximum absolute atomic E-state index is 12.1. The van der Waals surface area contributed by atoms with Crippen molar-refractivity contribution in [1.29, 1.82) is 0 Å². The van der Waals surface area contributed by atoms with Crippen LogP contribution in [0.2, 0.25) is 0 Å². The molecule has 130 valence electrons. The molecule has 6 nitrogen and oxygen atoms in total. The summed E-state index contributed by atoms with van der Waals surface area (Å²) in [5, 5.41) is 18.9. The van der Waals surface area contributed by atoms with Gasteiger partial charge in [0.2, 0.25) is 0 Å². The quantitative estimate of drug-likeness (QED) is 0.711. The summed E-state index contributed by atoms with van der Waals surface area (Å²) in [6.45, 7) is 1.07. The summed E-state index contributed by atoms with van der Waals surface area (Å²) < 4.78 is 5.21. The number of esters is 1. The molecule has 6 heteroatoms. The van der Waals surface area contributed by atoms with Crippen LogP contribution >= 0.6 is 0 Å². The molecule has 1 aliphatic carbocycles. The van der Waals surface area contributed by atoms with Crippen LogP contribution in [0.25, 0.3) is 11.1 Å². The van der Waals surface area contributed by atoms with Crippen molar-refractivity contribution in [2.45, 2.75) is 24.5 Å². The predicted octanol–water partition coefficient (Wildman–Crippen LogP) is 1.51. The minimum atomic E-state index is -2.11. The van der Waals surface area contributed by atoms with Crippen LogP contribution < -0.4 is 5.73 Å². The van der Waals surface area contributed by atoms with Gasteiger partial charge in [-0.2, -0.15) is 0 Å². The van der Waals surface area contributed by atoms with Crippen molar-refractivity contribution in [3.63, 3.8) is 0 Å². The van der Waals surface area contributed by atoms with Crippen molar-refractivity contribution in [3.8, 4) is 11.1 Å². The zero-order chi connectivity index (χ0) is 18.2. The number of carboxylic acid groups (broad SMARTS) is 1. The van der Waals surface area contributed by atoms with Crippen molar-refractivity contribution in [2.75, 3.05) is 6.61 Å². The summed E-state index contributed by atoms with van der Waals surface area (Å²) in [5.41, 5.74) is 7.59. The Labute approximate surface area is 144 Å². The van der Waals surface area contributed by atoms with Gasteiger partial charge < -0.3 is 20.7 Å². The lowest BCUT2D eigenvalue weighted by atomic mass is 9.96. The molecule has 0 aliphatic heterocycles. The van der Waals surface area contributed by atoms with E-state index in [4.69, 9.17) is 15.6 Å². The molecule has 2 aromatic carbocycles. The lowest BCUT2D eigenvalue weighted by Crippen LogP contribution is -2.58. The Bertz CT molecular complexity index is 785. The third-order valence-corrected chi connectivity index (χ3v) is 4.61. The lowest BCUT2D eigenvalue weighted by Gasteiger charge is -2.24. The number of aliphatic hydroxyl groups is 1. The van der Waals surface area contributed by atoms with Crippen molar-refractivity contribution in [1.82, 2.24) is 0 Å². The Morgan fingerprint density at radius 1 is 1.12 bits per heavy atom. The van der Waals surface area contributed by atoms with E-state index in [0.29, 0.717) is 0 Å². The molecule has 0 saturated carbocycles. The van der Waals surface area contributed by atoms with Gasteiger partial charge >= 0.3 is 11.9 Å². The van der Waals surface area contributed by atoms with E-state index in [1.165, 1.54) is 0 Å². The van der Waals surface area contributed by atoms with Crippen molar-refractivity contribution < 1.29 is 24.5 Å². The summed E-state index contributed by atoms with van der Waals surface area (Å²) in [7, 11) is 0. The van der Waals surface area contributed by atoms with E-state index in [1.54, 1.807) is 0 Å². The number of aliphatic hydroxyl groups excluding tert-OH is 1. The summed E-state index contributed by atoms with van der Waals surface area (Å²) in [6.07, 6.45) is -1.95. The Morgan fingerprint density at radius 2 is 1.60 bits per heavy atom. The van der Waals surface area contributed by atoms with Gasteiger partial charge in [0.25, 0.3) is 0 Å². The van der Waals surface area contributed by atoms with E-state index in [0.717, 1.165) is 29.2 Å². The first kappa shape index (κ1) is 17.1. The fraction of sp³-hybridized carbons (Fsp3) is 0.263. The molecule has 0 heterocycles. The normalized spacial score (nSPS) is 16.4. The van der Waals surface area contributed by atoms with Gasteiger partial charge in [-0.1, -0.05) is 48.5 Å². The number of benzene rings is 2. The van der Waals surface area contributed by atoms with Crippen LogP contribution in [0.1, 0.15) is 24.0 Å². The van der Waals surface area contributed by atoms with Gasteiger partial charge in [-0.15, -0.1) is 0 Å². The van der Waals surface area contributed by atoms with Crippen LogP contribution in [0.3, 0.4) is 0 Å². The van der Waals surface area contributed by atoms with E-state index in [1.807, 2.05) is 48.5 Å². The lowest BCUT2D eigenvalue weighted by molar-refractivity contribution is -0.165. The van der Waals surface area contributed by atoms with Gasteiger partial charge in [0, 0.05) is 5.92 Å². The highest BCUT2D eigenvalue weighted by Crippen LogP contribution is 2.44. The number of fused-ring (bicyclic) bond motifs is 3. The second-order valence-electron chi connectivity index (χ2n) is 6.35. The monoisotopic (exact) mass is 341 g/mol. The average Bonchev–Trinajstić information content (AvgIpc) is 2.93. The third-order valence-electron chi connectivity index (χ3n) is 4.61. The second kappa shape index (κ2) is 6.31. The molecular weight excluding hydrogens is 322 g/mol. The zero-order valence-electron chi connectivity index (χ0n) is 13.7. The van der Waals surface area contributed by atoms with E-state index in [-0.39, 0.29) is 12.5 Å². The summed E-state index contributed by atoms with van der Waals surface area (Å²) >= 11 is 0. The highest BCUT2D eigenvalue weighted by molar-refractivity contribution is 5.88. The Morgan fingerprint density at radius 3 is 2.08 bits per heavy atom. The zero-order valence-corrected chi connectivity index (χ0v) is 13.7. The molecule has 0 saturated heterocycles. The molecule has 0 spiro atoms. The van der Waals surface area contributed by atoms with Crippen LogP contribution in [0.4, 0.5) is 0 Å². The van der Waals surface area contributed by atoms with Crippen LogP contribution in [-0.4, -0.2) is 40.4 Å². The summed E-state index contributed by atoms with van der Waals surface area (Å²) in [6, 6.07) is 15.7. The largest absolute Gasteiger partial charge is 0.480 e. The average molecular weight is 341 g/mol. The predicted molar refractivity (Wildman–Crippen MR) is 90.9 cm³/mol. The van der Waals surface area contributed by atoms with Crippen molar-refractivity contribution in [3.05, 3.63) is 59.7 Å². The molecule has 4 N–H and O–H groups in total. The smallest absolute Gasteiger partial charge is 0.337 e. The first-order valence-corrected chi connectivity index (χ1v) is 7.89. The van der Waals surface area contributed by atoms with Gasteiger partial charge in [0.1, 0.15) is 12.1 Å². The van der Waals surface area contributed by atoms with Crippen molar-refractivity contribution >= 4 is 11.9 Å². The fourth-order valence-corrected chi connectivity index (χ4v) is 3.05. The van der Waals surface area contributed by atoms with Crippen LogP contribution in [0.5, 0.6) is 0 Å². The maximum atomic E-state index is 12.1. The molecule has 1 aliphatic rings. The van der Waals surface area contributed by atoms with E-state index in [9.17, 15) is 14.7 Å². The van der Waals surface area contributed by atoms with Gasteiger partial charge in [0.15, 0.2) is 6.10 Å². The van der Waals surface area contributed by atoms with Crippen molar-refractivity contribution in [2.24, 2.45) is 5.73 Å². The number of carboxylic acids is 1. The fourth-order valence-electron chi connectivity index (χ4n) is 3.05. The van der Waals surface area contributed by atoms with Crippen LogP contribution in [0, 0.1) is 0 Å². The third kappa shape index (κ3) is 2.90. The number of hydrogen-bond acceptors (Lipinski definition) is 5. The molecule has 25 heavy (non-hydrogen) atoms. The number of carbonyl (C=O) groups excluding carboxylic acids is 1. The molecule has 0 fully saturated rings. The number of aliphatic carboxylic acids is 1. The topological polar surface area (TPSA) is 110 Å². The molecule has 0 amide bonds. The highest BCUT2D eigenvalue weighted by Gasteiger charge is 2.42. The Kier molecular flexibility index (Phi) is 4.32. The molecule has 0 aromatic heterocycles. The first-order valence-electron chi connectivity index (χ1n) is 7.89. The minimum absolute atomic E-state index is 0.000378. The highest BCUT2D eigenvalue weighted by atomic mass is 16.5. The van der Waals surface area contributed by atoms with Gasteiger partial charge in [-0.05, 0) is 29.2 Å². The first-order chi connectivity index (χ1) is 11.8. The molecule has 1 unspecified atom stereocenters. The maximum Gasteiger partial charge on any atom is 0.337 e. The molecule has 0 radical (unpaired) electrons. The Balaban J connectivity index is 1.80. The van der Waals surface area contributed by atoms with E-state index >= 15 is 0 Å². The summed E-state index contributed by atoms with van der Waals surface area (Å²) in [4.78, 5) is 23.1. The molecule has 3 rings (SSSR count). The number of nitrogens with two attached hydrogens (primary N) is 1. The molecular formula is C19H19NO5. The number of ether oxygens (including phenoxy) is 1. The number of carbonyl (C=O) groups is 2. The SMILES string of the molecule is C[C@@](N)(C(=O)O)C(O)C(=O)OCC1c2ccccc2-c2ccccc21. The Hall–Kier alpha value is -2.70. The number of rotatable bonds is 5. The molecule has 2 atom stereocenters. The van der Waals surface area contributed by atoms with Gasteiger partial charge in [0.05, 0.1) is 0 Å². The number of hydrogen-bond donors (Lipinski definition) is 3. The molecule has 0 bridgehead atoms.